The van der Waals surface area contributed by atoms with Gasteiger partial charge in [0, 0.05) is 6.42 Å². The first-order valence-electron chi connectivity index (χ1n) is 4.00. The van der Waals surface area contributed by atoms with Crippen LogP contribution >= 0.6 is 0 Å². The number of rotatable bonds is 4. The molecule has 3 heteroatoms. The molecule has 1 N–H and O–H groups in total. The Morgan fingerprint density at radius 2 is 2.23 bits per heavy atom. The minimum Gasteiger partial charge on any atom is -0.478 e. The van der Waals surface area contributed by atoms with Gasteiger partial charge in [-0.15, -0.1) is 0 Å². The van der Waals surface area contributed by atoms with Crippen LogP contribution in [-0.4, -0.2) is 17.4 Å². The van der Waals surface area contributed by atoms with Crippen molar-refractivity contribution in [2.75, 3.05) is 0 Å². The monoisotopic (exact) mass is 178 g/mol. The molecule has 1 rings (SSSR count). The van der Waals surface area contributed by atoms with Gasteiger partial charge in [0.15, 0.2) is 0 Å². The fourth-order valence-corrected chi connectivity index (χ4v) is 1.09. The number of aromatic carboxylic acids is 1. The third-order valence-corrected chi connectivity index (χ3v) is 1.72. The smallest absolute Gasteiger partial charge is 0.335 e. The Hall–Kier alpha value is -1.64. The summed E-state index contributed by atoms with van der Waals surface area (Å²) in [7, 11) is 0. The van der Waals surface area contributed by atoms with E-state index >= 15 is 0 Å². The number of carboxylic acids is 1. The highest BCUT2D eigenvalue weighted by atomic mass is 16.4. The third-order valence-electron chi connectivity index (χ3n) is 1.72. The lowest BCUT2D eigenvalue weighted by molar-refractivity contribution is -0.107. The van der Waals surface area contributed by atoms with Crippen molar-refractivity contribution in [3.63, 3.8) is 0 Å². The van der Waals surface area contributed by atoms with Crippen molar-refractivity contribution in [3.8, 4) is 0 Å². The van der Waals surface area contributed by atoms with Crippen LogP contribution in [0.5, 0.6) is 0 Å². The Labute approximate surface area is 76.0 Å². The van der Waals surface area contributed by atoms with Gasteiger partial charge in [-0.2, -0.15) is 0 Å². The topological polar surface area (TPSA) is 54.4 Å². The maximum atomic E-state index is 10.6. The largest absolute Gasteiger partial charge is 0.478 e. The molecule has 0 aromatic heterocycles. The molecule has 0 amide bonds. The van der Waals surface area contributed by atoms with E-state index in [1.165, 1.54) is 6.07 Å². The van der Waals surface area contributed by atoms with E-state index < -0.39 is 5.97 Å². The van der Waals surface area contributed by atoms with Crippen LogP contribution in [0.2, 0.25) is 0 Å². The van der Waals surface area contributed by atoms with Gasteiger partial charge in [0.1, 0.15) is 6.29 Å². The fraction of sp³-hybridized carbons (Fsp3) is 0.200. The summed E-state index contributed by atoms with van der Waals surface area (Å²) < 4.78 is 0. The quantitative estimate of drug-likeness (QED) is 0.711. The first-order chi connectivity index (χ1) is 6.24. The Kier molecular flexibility index (Phi) is 3.20. The average Bonchev–Trinajstić information content (AvgIpc) is 2.15. The number of carbonyl (C=O) groups is 2. The van der Waals surface area contributed by atoms with E-state index in [1.54, 1.807) is 12.1 Å². The van der Waals surface area contributed by atoms with Crippen LogP contribution in [0.25, 0.3) is 0 Å². The highest BCUT2D eigenvalue weighted by Gasteiger charge is 2.02. The molecule has 0 radical (unpaired) electrons. The molecule has 0 aliphatic heterocycles. The molecule has 0 aliphatic carbocycles. The first kappa shape index (κ1) is 9.45. The summed E-state index contributed by atoms with van der Waals surface area (Å²) in [6.45, 7) is 0. The SMILES string of the molecule is O=CCCc1cccc(C(=O)O)c1. The summed E-state index contributed by atoms with van der Waals surface area (Å²) >= 11 is 0. The molecule has 0 atom stereocenters. The van der Waals surface area contributed by atoms with E-state index in [9.17, 15) is 9.59 Å². The molecule has 0 saturated heterocycles. The maximum Gasteiger partial charge on any atom is 0.335 e. The van der Waals surface area contributed by atoms with Crippen LogP contribution in [0, 0.1) is 0 Å². The number of hydrogen-bond acceptors (Lipinski definition) is 2. The van der Waals surface area contributed by atoms with E-state index in [2.05, 4.69) is 0 Å². The molecule has 0 bridgehead atoms. The van der Waals surface area contributed by atoms with Crippen molar-refractivity contribution in [1.82, 2.24) is 0 Å². The van der Waals surface area contributed by atoms with Crippen LogP contribution in [-0.2, 0) is 11.2 Å². The second-order valence-electron chi connectivity index (χ2n) is 2.71. The zero-order valence-electron chi connectivity index (χ0n) is 7.06. The normalized spacial score (nSPS) is 9.54. The van der Waals surface area contributed by atoms with E-state index in [0.29, 0.717) is 12.8 Å². The summed E-state index contributed by atoms with van der Waals surface area (Å²) in [6.07, 6.45) is 1.86. The van der Waals surface area contributed by atoms with Crippen LogP contribution in [0.4, 0.5) is 0 Å². The standard InChI is InChI=1S/C10H10O3/c11-6-2-4-8-3-1-5-9(7-8)10(12)13/h1,3,5-7H,2,4H2,(H,12,13). The average molecular weight is 178 g/mol. The zero-order chi connectivity index (χ0) is 9.68. The van der Waals surface area contributed by atoms with Crippen molar-refractivity contribution >= 4 is 12.3 Å². The zero-order valence-corrected chi connectivity index (χ0v) is 7.06. The van der Waals surface area contributed by atoms with Gasteiger partial charge >= 0.3 is 5.97 Å². The Morgan fingerprint density at radius 1 is 1.46 bits per heavy atom. The van der Waals surface area contributed by atoms with Crippen LogP contribution in [0.1, 0.15) is 22.3 Å². The number of benzene rings is 1. The second-order valence-corrected chi connectivity index (χ2v) is 2.71. The van der Waals surface area contributed by atoms with E-state index in [0.717, 1.165) is 11.8 Å². The van der Waals surface area contributed by atoms with Gasteiger partial charge in [-0.05, 0) is 24.1 Å². The molecule has 0 aliphatic rings. The van der Waals surface area contributed by atoms with Gasteiger partial charge in [-0.25, -0.2) is 4.79 Å². The molecule has 1 aromatic carbocycles. The molecule has 0 saturated carbocycles. The number of aryl methyl sites for hydroxylation is 1. The van der Waals surface area contributed by atoms with E-state index in [-0.39, 0.29) is 5.56 Å². The summed E-state index contributed by atoms with van der Waals surface area (Å²) in [5, 5.41) is 8.67. The molecule has 3 nitrogen and oxygen atoms in total. The van der Waals surface area contributed by atoms with Gasteiger partial charge in [0.2, 0.25) is 0 Å². The molecule has 0 unspecified atom stereocenters. The highest BCUT2D eigenvalue weighted by Crippen LogP contribution is 2.06. The number of carbonyl (C=O) groups excluding carboxylic acids is 1. The van der Waals surface area contributed by atoms with Gasteiger partial charge in [0.05, 0.1) is 5.56 Å². The van der Waals surface area contributed by atoms with E-state index in [4.69, 9.17) is 5.11 Å². The minimum atomic E-state index is -0.937. The third kappa shape index (κ3) is 2.71. The number of hydrogen-bond donors (Lipinski definition) is 1. The Morgan fingerprint density at radius 3 is 2.85 bits per heavy atom. The number of carboxylic acid groups (broad SMARTS) is 1. The molecule has 0 spiro atoms. The van der Waals surface area contributed by atoms with Crippen LogP contribution < -0.4 is 0 Å². The molecule has 68 valence electrons. The minimum absolute atomic E-state index is 0.267. The molecular weight excluding hydrogens is 168 g/mol. The summed E-state index contributed by atoms with van der Waals surface area (Å²) in [6, 6.07) is 6.62. The van der Waals surface area contributed by atoms with Crippen molar-refractivity contribution in [2.24, 2.45) is 0 Å². The molecular formula is C10H10O3. The summed E-state index contributed by atoms with van der Waals surface area (Å²) in [5.74, 6) is -0.937. The fourth-order valence-electron chi connectivity index (χ4n) is 1.09. The Balaban J connectivity index is 2.79. The molecule has 0 heterocycles. The van der Waals surface area contributed by atoms with Gasteiger partial charge in [-0.1, -0.05) is 12.1 Å². The van der Waals surface area contributed by atoms with Gasteiger partial charge in [0.25, 0.3) is 0 Å². The van der Waals surface area contributed by atoms with Crippen molar-refractivity contribution < 1.29 is 14.7 Å². The van der Waals surface area contributed by atoms with Crippen LogP contribution in [0.3, 0.4) is 0 Å². The molecule has 0 fully saturated rings. The van der Waals surface area contributed by atoms with Crippen molar-refractivity contribution in [2.45, 2.75) is 12.8 Å². The summed E-state index contributed by atoms with van der Waals surface area (Å²) in [5.41, 5.74) is 1.15. The number of aldehydes is 1. The van der Waals surface area contributed by atoms with Crippen molar-refractivity contribution in [3.05, 3.63) is 35.4 Å². The first-order valence-corrected chi connectivity index (χ1v) is 4.00. The lowest BCUT2D eigenvalue weighted by atomic mass is 10.1. The predicted octanol–water partition coefficient (Wildman–Crippen LogP) is 1.52. The Bertz CT molecular complexity index is 318. The van der Waals surface area contributed by atoms with Crippen molar-refractivity contribution in [1.29, 1.82) is 0 Å². The molecule has 13 heavy (non-hydrogen) atoms. The van der Waals surface area contributed by atoms with Gasteiger partial charge in [-0.3, -0.25) is 0 Å². The lowest BCUT2D eigenvalue weighted by Crippen LogP contribution is -1.97. The second kappa shape index (κ2) is 4.40. The van der Waals surface area contributed by atoms with Gasteiger partial charge < -0.3 is 9.90 Å². The van der Waals surface area contributed by atoms with Crippen LogP contribution in [0.15, 0.2) is 24.3 Å². The predicted molar refractivity (Wildman–Crippen MR) is 47.8 cm³/mol. The van der Waals surface area contributed by atoms with E-state index in [1.807, 2.05) is 6.07 Å². The summed E-state index contributed by atoms with van der Waals surface area (Å²) in [4.78, 5) is 20.6. The lowest BCUT2D eigenvalue weighted by Gasteiger charge is -1.98. The molecule has 1 aromatic rings. The maximum absolute atomic E-state index is 10.6. The highest BCUT2D eigenvalue weighted by molar-refractivity contribution is 5.87.